The first kappa shape index (κ1) is 9.76. The van der Waals surface area contributed by atoms with E-state index in [4.69, 9.17) is 0 Å². The van der Waals surface area contributed by atoms with Crippen molar-refractivity contribution in [2.75, 3.05) is 11.9 Å². The molecule has 0 aliphatic rings. The van der Waals surface area contributed by atoms with E-state index in [-0.39, 0.29) is 0 Å². The molecule has 0 radical (unpaired) electrons. The Kier molecular flexibility index (Phi) is 3.02. The molecule has 2 aromatic heterocycles. The Hall–Kier alpha value is -1.78. The van der Waals surface area contributed by atoms with Crippen molar-refractivity contribution in [1.82, 2.24) is 19.1 Å². The van der Waals surface area contributed by atoms with Gasteiger partial charge in [-0.25, -0.2) is 9.97 Å². The van der Waals surface area contributed by atoms with Crippen LogP contribution in [0.15, 0.2) is 31.1 Å². The zero-order valence-corrected chi connectivity index (χ0v) is 8.80. The number of imidazole rings is 2. The van der Waals surface area contributed by atoms with Gasteiger partial charge >= 0.3 is 0 Å². The number of nitrogens with zero attached hydrogens (tertiary/aromatic N) is 4. The van der Waals surface area contributed by atoms with Crippen LogP contribution in [0.3, 0.4) is 0 Å². The highest BCUT2D eigenvalue weighted by molar-refractivity contribution is 5.25. The summed E-state index contributed by atoms with van der Waals surface area (Å²) < 4.78 is 4.15. The van der Waals surface area contributed by atoms with E-state index in [1.807, 2.05) is 24.9 Å². The third-order valence-electron chi connectivity index (χ3n) is 2.21. The summed E-state index contributed by atoms with van der Waals surface area (Å²) in [6, 6.07) is 0. The van der Waals surface area contributed by atoms with E-state index < -0.39 is 0 Å². The topological polar surface area (TPSA) is 47.7 Å². The van der Waals surface area contributed by atoms with Gasteiger partial charge in [0, 0.05) is 44.4 Å². The fourth-order valence-electron chi connectivity index (χ4n) is 1.46. The molecule has 0 atom stereocenters. The van der Waals surface area contributed by atoms with Crippen molar-refractivity contribution in [2.24, 2.45) is 0 Å². The standard InChI is InChI=1S/C10H15N5/c1-2-12-10-13-4-6-15(10)8-7-14-5-3-11-9-14/h3-6,9H,2,7-8H2,1H3,(H,12,13). The van der Waals surface area contributed by atoms with Gasteiger partial charge in [0.25, 0.3) is 0 Å². The van der Waals surface area contributed by atoms with Gasteiger partial charge in [-0.1, -0.05) is 0 Å². The Bertz CT molecular complexity index is 390. The van der Waals surface area contributed by atoms with Crippen LogP contribution in [0, 0.1) is 0 Å². The summed E-state index contributed by atoms with van der Waals surface area (Å²) in [5.74, 6) is 0.928. The minimum Gasteiger partial charge on any atom is -0.356 e. The molecule has 0 aliphatic heterocycles. The second-order valence-corrected chi connectivity index (χ2v) is 3.28. The average Bonchev–Trinajstić information content (AvgIpc) is 2.85. The van der Waals surface area contributed by atoms with Crippen molar-refractivity contribution in [1.29, 1.82) is 0 Å². The molecule has 15 heavy (non-hydrogen) atoms. The van der Waals surface area contributed by atoms with Gasteiger partial charge in [0.1, 0.15) is 0 Å². The molecule has 0 saturated heterocycles. The van der Waals surface area contributed by atoms with Gasteiger partial charge in [-0.15, -0.1) is 0 Å². The Morgan fingerprint density at radius 2 is 2.20 bits per heavy atom. The minimum absolute atomic E-state index is 0.891. The maximum Gasteiger partial charge on any atom is 0.202 e. The summed E-state index contributed by atoms with van der Waals surface area (Å²) in [6.45, 7) is 4.77. The summed E-state index contributed by atoms with van der Waals surface area (Å²) in [5.41, 5.74) is 0. The van der Waals surface area contributed by atoms with E-state index >= 15 is 0 Å². The predicted octanol–water partition coefficient (Wildman–Crippen LogP) is 1.21. The molecule has 0 saturated carbocycles. The van der Waals surface area contributed by atoms with E-state index in [0.29, 0.717) is 0 Å². The highest BCUT2D eigenvalue weighted by Crippen LogP contribution is 2.04. The maximum absolute atomic E-state index is 4.23. The quantitative estimate of drug-likeness (QED) is 0.798. The summed E-state index contributed by atoms with van der Waals surface area (Å²) in [7, 11) is 0. The second kappa shape index (κ2) is 4.63. The number of nitrogens with one attached hydrogen (secondary N) is 1. The Balaban J connectivity index is 1.95. The van der Waals surface area contributed by atoms with Crippen LogP contribution in [0.25, 0.3) is 0 Å². The van der Waals surface area contributed by atoms with Gasteiger partial charge in [0.2, 0.25) is 5.95 Å². The van der Waals surface area contributed by atoms with Crippen LogP contribution in [0.5, 0.6) is 0 Å². The van der Waals surface area contributed by atoms with E-state index in [1.54, 1.807) is 6.20 Å². The van der Waals surface area contributed by atoms with Crippen molar-refractivity contribution >= 4 is 5.95 Å². The summed E-state index contributed by atoms with van der Waals surface area (Å²) >= 11 is 0. The van der Waals surface area contributed by atoms with Crippen LogP contribution in [0.4, 0.5) is 5.95 Å². The lowest BCUT2D eigenvalue weighted by atomic mass is 10.6. The number of hydrogen-bond donors (Lipinski definition) is 1. The first-order valence-corrected chi connectivity index (χ1v) is 5.11. The van der Waals surface area contributed by atoms with E-state index in [1.165, 1.54) is 0 Å². The molecule has 1 N–H and O–H groups in total. The van der Waals surface area contributed by atoms with E-state index in [2.05, 4.69) is 31.3 Å². The SMILES string of the molecule is CCNc1nccn1CCn1ccnc1. The lowest BCUT2D eigenvalue weighted by Crippen LogP contribution is -2.10. The molecule has 80 valence electrons. The van der Waals surface area contributed by atoms with Gasteiger partial charge in [0.15, 0.2) is 0 Å². The van der Waals surface area contributed by atoms with E-state index in [0.717, 1.165) is 25.6 Å². The summed E-state index contributed by atoms with van der Waals surface area (Å²) in [4.78, 5) is 8.24. The van der Waals surface area contributed by atoms with E-state index in [9.17, 15) is 0 Å². The largest absolute Gasteiger partial charge is 0.356 e. The zero-order chi connectivity index (χ0) is 10.5. The minimum atomic E-state index is 0.891. The van der Waals surface area contributed by atoms with Crippen molar-refractivity contribution < 1.29 is 0 Å². The number of anilines is 1. The molecule has 0 aromatic carbocycles. The highest BCUT2D eigenvalue weighted by Gasteiger charge is 2.00. The molecule has 5 heteroatoms. The van der Waals surface area contributed by atoms with Crippen molar-refractivity contribution in [3.05, 3.63) is 31.1 Å². The third kappa shape index (κ3) is 2.37. The molecule has 2 rings (SSSR count). The summed E-state index contributed by atoms with van der Waals surface area (Å²) in [5, 5.41) is 3.21. The summed E-state index contributed by atoms with van der Waals surface area (Å²) in [6.07, 6.45) is 9.37. The average molecular weight is 205 g/mol. The molecule has 5 nitrogen and oxygen atoms in total. The first-order valence-electron chi connectivity index (χ1n) is 5.11. The van der Waals surface area contributed by atoms with Gasteiger partial charge in [-0.3, -0.25) is 0 Å². The highest BCUT2D eigenvalue weighted by atomic mass is 15.2. The molecule has 0 bridgehead atoms. The monoisotopic (exact) mass is 205 g/mol. The fraction of sp³-hybridized carbons (Fsp3) is 0.400. The molecule has 0 amide bonds. The van der Waals surface area contributed by atoms with Crippen molar-refractivity contribution in [3.8, 4) is 0 Å². The molecule has 0 unspecified atom stereocenters. The zero-order valence-electron chi connectivity index (χ0n) is 8.80. The van der Waals surface area contributed by atoms with Gasteiger partial charge in [-0.2, -0.15) is 0 Å². The molecular formula is C10H15N5. The smallest absolute Gasteiger partial charge is 0.202 e. The number of hydrogen-bond acceptors (Lipinski definition) is 3. The predicted molar refractivity (Wildman–Crippen MR) is 58.6 cm³/mol. The van der Waals surface area contributed by atoms with Crippen LogP contribution in [-0.2, 0) is 13.1 Å². The Morgan fingerprint density at radius 1 is 1.27 bits per heavy atom. The van der Waals surface area contributed by atoms with Crippen LogP contribution in [0.2, 0.25) is 0 Å². The Morgan fingerprint density at radius 3 is 2.93 bits per heavy atom. The Labute approximate surface area is 88.8 Å². The van der Waals surface area contributed by atoms with Crippen LogP contribution < -0.4 is 5.32 Å². The molecule has 0 aliphatic carbocycles. The molecular weight excluding hydrogens is 190 g/mol. The molecule has 0 fully saturated rings. The van der Waals surface area contributed by atoms with Gasteiger partial charge in [-0.05, 0) is 6.92 Å². The number of rotatable bonds is 5. The van der Waals surface area contributed by atoms with Crippen LogP contribution in [-0.4, -0.2) is 25.6 Å². The van der Waals surface area contributed by atoms with Crippen molar-refractivity contribution in [2.45, 2.75) is 20.0 Å². The molecule has 2 aromatic rings. The number of aryl methyl sites for hydroxylation is 2. The van der Waals surface area contributed by atoms with Crippen LogP contribution >= 0.6 is 0 Å². The lowest BCUT2D eigenvalue weighted by molar-refractivity contribution is 0.582. The number of aromatic nitrogens is 4. The lowest BCUT2D eigenvalue weighted by Gasteiger charge is -2.08. The normalized spacial score (nSPS) is 10.5. The first-order chi connectivity index (χ1) is 7.40. The van der Waals surface area contributed by atoms with Gasteiger partial charge in [0.05, 0.1) is 6.33 Å². The second-order valence-electron chi connectivity index (χ2n) is 3.28. The fourth-order valence-corrected chi connectivity index (χ4v) is 1.46. The molecule has 0 spiro atoms. The van der Waals surface area contributed by atoms with Gasteiger partial charge < -0.3 is 14.5 Å². The molecule has 2 heterocycles. The van der Waals surface area contributed by atoms with Crippen LogP contribution in [0.1, 0.15) is 6.92 Å². The maximum atomic E-state index is 4.23. The van der Waals surface area contributed by atoms with Crippen molar-refractivity contribution in [3.63, 3.8) is 0 Å². The third-order valence-corrected chi connectivity index (χ3v) is 2.21.